The molecule has 0 unspecified atom stereocenters. The number of carbonyl (C=O) groups excluding carboxylic acids is 1. The van der Waals surface area contributed by atoms with E-state index in [0.29, 0.717) is 11.7 Å². The zero-order valence-corrected chi connectivity index (χ0v) is 16.3. The zero-order valence-electron chi connectivity index (χ0n) is 16.3. The number of hydrogen-bond acceptors (Lipinski definition) is 5. The molecule has 2 heterocycles. The van der Waals surface area contributed by atoms with Crippen molar-refractivity contribution in [3.05, 3.63) is 58.8 Å². The van der Waals surface area contributed by atoms with Gasteiger partial charge in [0.05, 0.1) is 0 Å². The second-order valence-corrected chi connectivity index (χ2v) is 7.53. The largest absolute Gasteiger partial charge is 0.507 e. The van der Waals surface area contributed by atoms with Crippen LogP contribution in [-0.4, -0.2) is 35.6 Å². The minimum absolute atomic E-state index is 0.0874. The van der Waals surface area contributed by atoms with Crippen LogP contribution in [-0.2, 0) is 4.79 Å². The molecule has 1 N–H and O–H groups in total. The lowest BCUT2D eigenvalue weighted by molar-refractivity contribution is -0.135. The summed E-state index contributed by atoms with van der Waals surface area (Å²) in [7, 11) is 0. The van der Waals surface area contributed by atoms with Crippen molar-refractivity contribution in [2.24, 2.45) is 5.92 Å². The van der Waals surface area contributed by atoms with E-state index in [-0.39, 0.29) is 40.4 Å². The molecule has 0 saturated carbocycles. The lowest BCUT2D eigenvalue weighted by Gasteiger charge is -2.30. The molecule has 2 aromatic carbocycles. The molecule has 1 saturated heterocycles. The van der Waals surface area contributed by atoms with E-state index in [0.717, 1.165) is 31.5 Å². The number of carbonyl (C=O) groups is 1. The van der Waals surface area contributed by atoms with Gasteiger partial charge in [0.25, 0.3) is 5.91 Å². The third-order valence-electron chi connectivity index (χ3n) is 5.21. The van der Waals surface area contributed by atoms with Crippen molar-refractivity contribution in [2.45, 2.75) is 19.8 Å². The number of likely N-dealkylation sites (tertiary alicyclic amines) is 1. The predicted molar refractivity (Wildman–Crippen MR) is 110 cm³/mol. The normalized spacial score (nSPS) is 16.7. The van der Waals surface area contributed by atoms with Gasteiger partial charge in [-0.1, -0.05) is 37.3 Å². The highest BCUT2D eigenvalue weighted by Crippen LogP contribution is 2.31. The van der Waals surface area contributed by atoms with Gasteiger partial charge in [-0.2, -0.15) is 0 Å². The Labute approximate surface area is 168 Å². The number of hydrogen-bond donors (Lipinski definition) is 1. The molecule has 6 heteroatoms. The van der Waals surface area contributed by atoms with Crippen molar-refractivity contribution < 1.29 is 19.1 Å². The zero-order chi connectivity index (χ0) is 20.4. The van der Waals surface area contributed by atoms with Crippen LogP contribution in [0.25, 0.3) is 22.3 Å². The van der Waals surface area contributed by atoms with Crippen LogP contribution in [0.15, 0.2) is 57.7 Å². The average molecular weight is 393 g/mol. The molecule has 1 fully saturated rings. The molecule has 0 radical (unpaired) electrons. The second-order valence-electron chi connectivity index (χ2n) is 7.53. The van der Waals surface area contributed by atoms with Crippen LogP contribution in [0.1, 0.15) is 19.8 Å². The summed E-state index contributed by atoms with van der Waals surface area (Å²) in [5.74, 6) is 0.850. The molecule has 1 aliphatic rings. The van der Waals surface area contributed by atoms with Gasteiger partial charge in [0.15, 0.2) is 12.0 Å². The van der Waals surface area contributed by atoms with Crippen LogP contribution >= 0.6 is 0 Å². The maximum Gasteiger partial charge on any atom is 0.260 e. The van der Waals surface area contributed by atoms with Crippen LogP contribution in [0.4, 0.5) is 0 Å². The van der Waals surface area contributed by atoms with E-state index in [1.807, 2.05) is 35.2 Å². The lowest BCUT2D eigenvalue weighted by Crippen LogP contribution is -2.41. The predicted octanol–water partition coefficient (Wildman–Crippen LogP) is 3.80. The van der Waals surface area contributed by atoms with Gasteiger partial charge in [-0.05, 0) is 18.8 Å². The average Bonchev–Trinajstić information content (AvgIpc) is 2.72. The highest BCUT2D eigenvalue weighted by Gasteiger charge is 2.21. The van der Waals surface area contributed by atoms with E-state index < -0.39 is 0 Å². The molecule has 0 bridgehead atoms. The SMILES string of the molecule is C[C@@H]1CCCN(C(=O)COc2cc(O)c3c(=O)cc(-c4ccccc4)oc3c2)C1. The van der Waals surface area contributed by atoms with Crippen molar-refractivity contribution in [3.63, 3.8) is 0 Å². The Morgan fingerprint density at radius 3 is 2.79 bits per heavy atom. The molecule has 0 spiro atoms. The molecule has 1 aliphatic heterocycles. The monoisotopic (exact) mass is 393 g/mol. The van der Waals surface area contributed by atoms with Crippen molar-refractivity contribution >= 4 is 16.9 Å². The minimum atomic E-state index is -0.340. The molecule has 1 amide bonds. The molecule has 1 atom stereocenters. The Morgan fingerprint density at radius 1 is 1.24 bits per heavy atom. The molecule has 150 valence electrons. The van der Waals surface area contributed by atoms with E-state index in [1.54, 1.807) is 0 Å². The van der Waals surface area contributed by atoms with E-state index in [2.05, 4.69) is 6.92 Å². The highest BCUT2D eigenvalue weighted by atomic mass is 16.5. The van der Waals surface area contributed by atoms with E-state index >= 15 is 0 Å². The Balaban J connectivity index is 1.59. The number of phenolic OH excluding ortho intramolecular Hbond substituents is 1. The Kier molecular flexibility index (Phi) is 5.25. The van der Waals surface area contributed by atoms with Gasteiger partial charge in [0.2, 0.25) is 0 Å². The van der Waals surface area contributed by atoms with Crippen LogP contribution in [0, 0.1) is 5.92 Å². The van der Waals surface area contributed by atoms with Gasteiger partial charge in [0, 0.05) is 36.9 Å². The highest BCUT2D eigenvalue weighted by molar-refractivity contribution is 5.86. The molecule has 0 aliphatic carbocycles. The molecule has 4 rings (SSSR count). The first-order valence-corrected chi connectivity index (χ1v) is 9.78. The van der Waals surface area contributed by atoms with Gasteiger partial charge in [-0.3, -0.25) is 9.59 Å². The molecular formula is C23H23NO5. The summed E-state index contributed by atoms with van der Waals surface area (Å²) < 4.78 is 11.5. The number of fused-ring (bicyclic) bond motifs is 1. The smallest absolute Gasteiger partial charge is 0.260 e. The summed E-state index contributed by atoms with van der Waals surface area (Å²) >= 11 is 0. The molecule has 6 nitrogen and oxygen atoms in total. The molecular weight excluding hydrogens is 370 g/mol. The summed E-state index contributed by atoms with van der Waals surface area (Å²) in [6.07, 6.45) is 2.13. The van der Waals surface area contributed by atoms with Gasteiger partial charge in [-0.15, -0.1) is 0 Å². The minimum Gasteiger partial charge on any atom is -0.507 e. The maximum atomic E-state index is 12.5. The summed E-state index contributed by atoms with van der Waals surface area (Å²) in [5.41, 5.74) is 0.629. The Morgan fingerprint density at radius 2 is 2.03 bits per heavy atom. The molecule has 29 heavy (non-hydrogen) atoms. The standard InChI is InChI=1S/C23H23NO5/c1-15-6-5-9-24(13-15)22(27)14-28-17-10-18(25)23-19(26)12-20(29-21(23)11-17)16-7-3-2-4-8-16/h2-4,7-8,10-12,15,25H,5-6,9,13-14H2,1H3/t15-/m1/s1. The number of amides is 1. The number of aromatic hydroxyl groups is 1. The first-order valence-electron chi connectivity index (χ1n) is 9.78. The third kappa shape index (κ3) is 4.11. The fourth-order valence-corrected chi connectivity index (χ4v) is 3.72. The lowest BCUT2D eigenvalue weighted by atomic mass is 10.0. The molecule has 1 aromatic heterocycles. The number of piperidine rings is 1. The Hall–Kier alpha value is -3.28. The summed E-state index contributed by atoms with van der Waals surface area (Å²) in [5, 5.41) is 10.4. The fourth-order valence-electron chi connectivity index (χ4n) is 3.72. The molecule has 3 aromatic rings. The summed E-state index contributed by atoms with van der Waals surface area (Å²) in [6.45, 7) is 3.49. The number of phenols is 1. The van der Waals surface area contributed by atoms with Crippen molar-refractivity contribution in [1.82, 2.24) is 4.90 Å². The first-order chi connectivity index (χ1) is 14.0. The van der Waals surface area contributed by atoms with Gasteiger partial charge in [-0.25, -0.2) is 0 Å². The topological polar surface area (TPSA) is 80.0 Å². The van der Waals surface area contributed by atoms with Crippen molar-refractivity contribution in [3.8, 4) is 22.8 Å². The number of ether oxygens (including phenoxy) is 1. The van der Waals surface area contributed by atoms with Crippen molar-refractivity contribution in [2.75, 3.05) is 19.7 Å². The van der Waals surface area contributed by atoms with Crippen molar-refractivity contribution in [1.29, 1.82) is 0 Å². The Bertz CT molecular complexity index is 1090. The van der Waals surface area contributed by atoms with Crippen LogP contribution in [0.3, 0.4) is 0 Å². The van der Waals surface area contributed by atoms with Gasteiger partial charge in [0.1, 0.15) is 28.2 Å². The first kappa shape index (κ1) is 19.1. The van der Waals surface area contributed by atoms with E-state index in [9.17, 15) is 14.7 Å². The number of rotatable bonds is 4. The maximum absolute atomic E-state index is 12.5. The summed E-state index contributed by atoms with van der Waals surface area (Å²) in [4.78, 5) is 26.7. The number of benzene rings is 2. The second kappa shape index (κ2) is 7.99. The third-order valence-corrected chi connectivity index (χ3v) is 5.21. The van der Waals surface area contributed by atoms with E-state index in [4.69, 9.17) is 9.15 Å². The van der Waals surface area contributed by atoms with Crippen LogP contribution < -0.4 is 10.2 Å². The van der Waals surface area contributed by atoms with E-state index in [1.165, 1.54) is 18.2 Å². The fraction of sp³-hybridized carbons (Fsp3) is 0.304. The number of nitrogens with zero attached hydrogens (tertiary/aromatic N) is 1. The summed E-state index contributed by atoms with van der Waals surface area (Å²) in [6, 6.07) is 13.5. The van der Waals surface area contributed by atoms with Crippen LogP contribution in [0.2, 0.25) is 0 Å². The quantitative estimate of drug-likeness (QED) is 0.729. The van der Waals surface area contributed by atoms with Gasteiger partial charge >= 0.3 is 0 Å². The van der Waals surface area contributed by atoms with Crippen LogP contribution in [0.5, 0.6) is 11.5 Å². The van der Waals surface area contributed by atoms with Gasteiger partial charge < -0.3 is 19.2 Å².